The van der Waals surface area contributed by atoms with Crippen molar-refractivity contribution in [3.8, 4) is 0 Å². The van der Waals surface area contributed by atoms with E-state index in [-0.39, 0.29) is 0 Å². The van der Waals surface area contributed by atoms with E-state index < -0.39 is 12.0 Å². The fraction of sp³-hybridized carbons (Fsp3) is 0.533. The first kappa shape index (κ1) is 13.9. The molecule has 0 amide bonds. The van der Waals surface area contributed by atoms with Crippen LogP contribution in [0.3, 0.4) is 0 Å². The lowest BCUT2D eigenvalue weighted by Gasteiger charge is -2.16. The van der Waals surface area contributed by atoms with Gasteiger partial charge in [0.25, 0.3) is 0 Å². The van der Waals surface area contributed by atoms with Crippen LogP contribution in [-0.4, -0.2) is 35.1 Å². The number of nitrogens with one attached hydrogen (secondary N) is 1. The first-order valence-corrected chi connectivity index (χ1v) is 6.99. The van der Waals surface area contributed by atoms with Crippen molar-refractivity contribution in [3.05, 3.63) is 29.8 Å². The molecule has 19 heavy (non-hydrogen) atoms. The van der Waals surface area contributed by atoms with Crippen LogP contribution in [0.4, 0.5) is 5.69 Å². The molecule has 0 spiro atoms. The molecule has 1 aliphatic heterocycles. The normalized spacial score (nSPS) is 17.3. The van der Waals surface area contributed by atoms with Gasteiger partial charge in [-0.25, -0.2) is 4.79 Å². The zero-order valence-electron chi connectivity index (χ0n) is 11.4. The Morgan fingerprint density at radius 1 is 1.32 bits per heavy atom. The third kappa shape index (κ3) is 3.96. The van der Waals surface area contributed by atoms with Crippen molar-refractivity contribution >= 4 is 11.7 Å². The van der Waals surface area contributed by atoms with Crippen LogP contribution in [0.25, 0.3) is 0 Å². The molecular formula is C15H22N2O2. The molecule has 4 heteroatoms. The van der Waals surface area contributed by atoms with E-state index in [1.54, 1.807) is 0 Å². The van der Waals surface area contributed by atoms with Crippen molar-refractivity contribution in [2.75, 3.05) is 18.4 Å². The molecule has 1 unspecified atom stereocenters. The lowest BCUT2D eigenvalue weighted by Crippen LogP contribution is -2.28. The quantitative estimate of drug-likeness (QED) is 0.827. The highest BCUT2D eigenvalue weighted by atomic mass is 16.4. The summed E-state index contributed by atoms with van der Waals surface area (Å²) in [5.74, 6) is -0.802. The predicted molar refractivity (Wildman–Crippen MR) is 76.3 cm³/mol. The van der Waals surface area contributed by atoms with Gasteiger partial charge in [-0.1, -0.05) is 19.1 Å². The summed E-state index contributed by atoms with van der Waals surface area (Å²) in [7, 11) is 0. The number of likely N-dealkylation sites (tertiary alicyclic amines) is 1. The molecule has 1 fully saturated rings. The second-order valence-corrected chi connectivity index (χ2v) is 5.12. The Bertz CT molecular complexity index is 411. The van der Waals surface area contributed by atoms with Gasteiger partial charge in [-0.15, -0.1) is 0 Å². The van der Waals surface area contributed by atoms with Crippen LogP contribution in [0.5, 0.6) is 0 Å². The van der Waals surface area contributed by atoms with Crippen molar-refractivity contribution in [3.63, 3.8) is 0 Å². The van der Waals surface area contributed by atoms with E-state index >= 15 is 0 Å². The van der Waals surface area contributed by atoms with Gasteiger partial charge in [0.15, 0.2) is 0 Å². The number of hydrogen-bond acceptors (Lipinski definition) is 3. The Kier molecular flexibility index (Phi) is 4.80. The van der Waals surface area contributed by atoms with Crippen LogP contribution in [0.2, 0.25) is 0 Å². The van der Waals surface area contributed by atoms with E-state index in [9.17, 15) is 4.79 Å². The number of aliphatic carboxylic acids is 1. The summed E-state index contributed by atoms with van der Waals surface area (Å²) < 4.78 is 0. The average molecular weight is 262 g/mol. The molecule has 104 valence electrons. The number of rotatable bonds is 6. The number of benzene rings is 1. The van der Waals surface area contributed by atoms with Gasteiger partial charge in [-0.05, 0) is 50.0 Å². The Morgan fingerprint density at radius 2 is 1.95 bits per heavy atom. The van der Waals surface area contributed by atoms with Gasteiger partial charge in [0.05, 0.1) is 0 Å². The van der Waals surface area contributed by atoms with Crippen LogP contribution in [0.15, 0.2) is 24.3 Å². The summed E-state index contributed by atoms with van der Waals surface area (Å²) in [6.45, 7) is 5.25. The van der Waals surface area contributed by atoms with Gasteiger partial charge in [0.1, 0.15) is 6.04 Å². The predicted octanol–water partition coefficient (Wildman–Crippen LogP) is 2.56. The van der Waals surface area contributed by atoms with Crippen LogP contribution in [-0.2, 0) is 11.3 Å². The Labute approximate surface area is 114 Å². The summed E-state index contributed by atoms with van der Waals surface area (Å²) in [4.78, 5) is 13.4. The second-order valence-electron chi connectivity index (χ2n) is 5.12. The molecule has 0 aromatic heterocycles. The minimum absolute atomic E-state index is 0.510. The van der Waals surface area contributed by atoms with E-state index in [0.29, 0.717) is 6.42 Å². The molecule has 1 saturated heterocycles. The maximum atomic E-state index is 11.0. The fourth-order valence-electron chi connectivity index (χ4n) is 2.44. The van der Waals surface area contributed by atoms with Crippen molar-refractivity contribution in [1.29, 1.82) is 0 Å². The van der Waals surface area contributed by atoms with Crippen molar-refractivity contribution in [1.82, 2.24) is 4.90 Å². The van der Waals surface area contributed by atoms with E-state index in [1.165, 1.54) is 31.5 Å². The molecular weight excluding hydrogens is 240 g/mol. The molecule has 1 aromatic rings. The first-order valence-electron chi connectivity index (χ1n) is 6.99. The van der Waals surface area contributed by atoms with E-state index in [1.807, 2.05) is 19.1 Å². The lowest BCUT2D eigenvalue weighted by atomic mass is 10.1. The fourth-order valence-corrected chi connectivity index (χ4v) is 2.44. The molecule has 2 rings (SSSR count). The largest absolute Gasteiger partial charge is 0.480 e. The maximum Gasteiger partial charge on any atom is 0.326 e. The van der Waals surface area contributed by atoms with E-state index in [0.717, 1.165) is 12.2 Å². The number of carbonyl (C=O) groups is 1. The van der Waals surface area contributed by atoms with Crippen molar-refractivity contribution in [2.24, 2.45) is 0 Å². The third-order valence-electron chi connectivity index (χ3n) is 3.61. The smallest absolute Gasteiger partial charge is 0.326 e. The minimum Gasteiger partial charge on any atom is -0.480 e. The molecule has 4 nitrogen and oxygen atoms in total. The summed E-state index contributed by atoms with van der Waals surface area (Å²) in [6, 6.07) is 7.59. The first-order chi connectivity index (χ1) is 9.19. The summed E-state index contributed by atoms with van der Waals surface area (Å²) in [5.41, 5.74) is 2.16. The number of carboxylic acid groups (broad SMARTS) is 1. The number of nitrogens with zero attached hydrogens (tertiary/aromatic N) is 1. The second kappa shape index (κ2) is 6.57. The van der Waals surface area contributed by atoms with Crippen LogP contribution >= 0.6 is 0 Å². The molecule has 1 aliphatic rings. The molecule has 0 saturated carbocycles. The molecule has 0 bridgehead atoms. The Morgan fingerprint density at radius 3 is 2.47 bits per heavy atom. The van der Waals surface area contributed by atoms with Gasteiger partial charge in [0.2, 0.25) is 0 Å². The average Bonchev–Trinajstić information content (AvgIpc) is 2.90. The van der Waals surface area contributed by atoms with Gasteiger partial charge in [-0.3, -0.25) is 4.90 Å². The minimum atomic E-state index is -0.802. The molecule has 0 radical (unpaired) electrons. The Balaban J connectivity index is 1.91. The zero-order chi connectivity index (χ0) is 13.7. The standard InChI is InChI=1S/C15H22N2O2/c1-2-14(15(18)19)16-13-7-5-12(6-8-13)11-17-9-3-4-10-17/h5-8,14,16H,2-4,9-11H2,1H3,(H,18,19). The third-order valence-corrected chi connectivity index (χ3v) is 3.61. The summed E-state index contributed by atoms with van der Waals surface area (Å²) in [6.07, 6.45) is 3.18. The van der Waals surface area contributed by atoms with Crippen LogP contribution in [0.1, 0.15) is 31.7 Å². The highest BCUT2D eigenvalue weighted by molar-refractivity contribution is 5.77. The molecule has 1 heterocycles. The SMILES string of the molecule is CCC(Nc1ccc(CN2CCCC2)cc1)C(=O)O. The molecule has 1 atom stereocenters. The highest BCUT2D eigenvalue weighted by Crippen LogP contribution is 2.16. The van der Waals surface area contributed by atoms with Crippen LogP contribution < -0.4 is 5.32 Å². The Hall–Kier alpha value is -1.55. The zero-order valence-corrected chi connectivity index (χ0v) is 11.4. The van der Waals surface area contributed by atoms with Gasteiger partial charge in [-0.2, -0.15) is 0 Å². The number of anilines is 1. The number of hydrogen-bond donors (Lipinski definition) is 2. The van der Waals surface area contributed by atoms with Crippen LogP contribution in [0, 0.1) is 0 Å². The van der Waals surface area contributed by atoms with Gasteiger partial charge < -0.3 is 10.4 Å². The van der Waals surface area contributed by atoms with Gasteiger partial charge in [0, 0.05) is 12.2 Å². The molecule has 1 aromatic carbocycles. The lowest BCUT2D eigenvalue weighted by molar-refractivity contribution is -0.137. The maximum absolute atomic E-state index is 11.0. The monoisotopic (exact) mass is 262 g/mol. The molecule has 2 N–H and O–H groups in total. The highest BCUT2D eigenvalue weighted by Gasteiger charge is 2.14. The van der Waals surface area contributed by atoms with Crippen molar-refractivity contribution in [2.45, 2.75) is 38.8 Å². The molecule has 0 aliphatic carbocycles. The van der Waals surface area contributed by atoms with E-state index in [4.69, 9.17) is 5.11 Å². The summed E-state index contributed by atoms with van der Waals surface area (Å²) >= 11 is 0. The van der Waals surface area contributed by atoms with Crippen molar-refractivity contribution < 1.29 is 9.90 Å². The number of carboxylic acids is 1. The topological polar surface area (TPSA) is 52.6 Å². The van der Waals surface area contributed by atoms with Gasteiger partial charge >= 0.3 is 5.97 Å². The van der Waals surface area contributed by atoms with E-state index in [2.05, 4.69) is 22.3 Å². The summed E-state index contributed by atoms with van der Waals surface area (Å²) in [5, 5.41) is 12.0.